The Bertz CT molecular complexity index is 449. The van der Waals surface area contributed by atoms with Gasteiger partial charge in [0.25, 0.3) is 5.56 Å². The SMILES string of the molecule is O=c1c(Br)cccn1CC1(CS)CCCCCC1. The van der Waals surface area contributed by atoms with Gasteiger partial charge in [-0.25, -0.2) is 0 Å². The highest BCUT2D eigenvalue weighted by molar-refractivity contribution is 9.10. The number of halogens is 1. The molecule has 2 rings (SSSR count). The summed E-state index contributed by atoms with van der Waals surface area (Å²) in [7, 11) is 0. The van der Waals surface area contributed by atoms with Crippen molar-refractivity contribution >= 4 is 28.6 Å². The van der Waals surface area contributed by atoms with Gasteiger partial charge in [-0.1, -0.05) is 25.7 Å². The van der Waals surface area contributed by atoms with E-state index in [0.717, 1.165) is 12.3 Å². The van der Waals surface area contributed by atoms with Crippen LogP contribution in [0.5, 0.6) is 0 Å². The maximum absolute atomic E-state index is 12.1. The number of thiol groups is 1. The van der Waals surface area contributed by atoms with E-state index in [2.05, 4.69) is 28.6 Å². The van der Waals surface area contributed by atoms with Gasteiger partial charge in [0, 0.05) is 12.7 Å². The van der Waals surface area contributed by atoms with Crippen molar-refractivity contribution in [3.8, 4) is 0 Å². The quantitative estimate of drug-likeness (QED) is 0.659. The van der Waals surface area contributed by atoms with Crippen LogP contribution in [0.15, 0.2) is 27.6 Å². The highest BCUT2D eigenvalue weighted by Crippen LogP contribution is 2.37. The number of hydrogen-bond acceptors (Lipinski definition) is 2. The summed E-state index contributed by atoms with van der Waals surface area (Å²) in [6.45, 7) is 0.800. The number of aromatic nitrogens is 1. The summed E-state index contributed by atoms with van der Waals surface area (Å²) in [5.41, 5.74) is 0.271. The Labute approximate surface area is 122 Å². The monoisotopic (exact) mass is 329 g/mol. The Kier molecular flexibility index (Phi) is 4.96. The molecule has 0 unspecified atom stereocenters. The van der Waals surface area contributed by atoms with Crippen molar-refractivity contribution in [2.24, 2.45) is 5.41 Å². The number of pyridine rings is 1. The van der Waals surface area contributed by atoms with Gasteiger partial charge >= 0.3 is 0 Å². The predicted molar refractivity (Wildman–Crippen MR) is 82.4 cm³/mol. The van der Waals surface area contributed by atoms with E-state index in [4.69, 9.17) is 0 Å². The van der Waals surface area contributed by atoms with E-state index >= 15 is 0 Å². The predicted octanol–water partition coefficient (Wildman–Crippen LogP) is 3.88. The van der Waals surface area contributed by atoms with E-state index in [9.17, 15) is 4.79 Å². The minimum absolute atomic E-state index is 0.0721. The first-order valence-electron chi connectivity index (χ1n) is 6.63. The Morgan fingerprint density at radius 1 is 1.28 bits per heavy atom. The second-order valence-corrected chi connectivity index (χ2v) is 6.53. The van der Waals surface area contributed by atoms with Gasteiger partial charge in [0.1, 0.15) is 0 Å². The molecule has 1 heterocycles. The van der Waals surface area contributed by atoms with E-state index in [0.29, 0.717) is 4.47 Å². The third-order valence-corrected chi connectivity index (χ3v) is 5.25. The molecule has 1 aromatic heterocycles. The fraction of sp³-hybridized carbons (Fsp3) is 0.643. The van der Waals surface area contributed by atoms with Crippen LogP contribution < -0.4 is 5.56 Å². The average molecular weight is 330 g/mol. The van der Waals surface area contributed by atoms with Crippen LogP contribution in [0.2, 0.25) is 0 Å². The van der Waals surface area contributed by atoms with Crippen molar-refractivity contribution < 1.29 is 0 Å². The summed E-state index contributed by atoms with van der Waals surface area (Å²) in [4.78, 5) is 12.1. The normalized spacial score (nSPS) is 19.4. The summed E-state index contributed by atoms with van der Waals surface area (Å²) >= 11 is 7.87. The highest BCUT2D eigenvalue weighted by Gasteiger charge is 2.30. The highest BCUT2D eigenvalue weighted by atomic mass is 79.9. The topological polar surface area (TPSA) is 22.0 Å². The van der Waals surface area contributed by atoms with E-state index in [1.165, 1.54) is 38.5 Å². The van der Waals surface area contributed by atoms with E-state index in [1.807, 2.05) is 16.8 Å². The van der Waals surface area contributed by atoms with Crippen molar-refractivity contribution in [1.82, 2.24) is 4.57 Å². The molecule has 1 aliphatic carbocycles. The average Bonchev–Trinajstić information content (AvgIpc) is 2.61. The van der Waals surface area contributed by atoms with E-state index in [-0.39, 0.29) is 11.0 Å². The van der Waals surface area contributed by atoms with Gasteiger partial charge in [-0.15, -0.1) is 0 Å². The zero-order valence-corrected chi connectivity index (χ0v) is 13.0. The molecule has 18 heavy (non-hydrogen) atoms. The largest absolute Gasteiger partial charge is 0.314 e. The molecule has 0 aromatic carbocycles. The second kappa shape index (κ2) is 6.29. The summed E-state index contributed by atoms with van der Waals surface area (Å²) in [6, 6.07) is 3.73. The van der Waals surface area contributed by atoms with Gasteiger partial charge in [-0.2, -0.15) is 12.6 Å². The lowest BCUT2D eigenvalue weighted by molar-refractivity contribution is 0.238. The van der Waals surface area contributed by atoms with Crippen LogP contribution in [0.3, 0.4) is 0 Å². The van der Waals surface area contributed by atoms with Crippen molar-refractivity contribution in [1.29, 1.82) is 0 Å². The molecule has 1 saturated carbocycles. The minimum Gasteiger partial charge on any atom is -0.314 e. The van der Waals surface area contributed by atoms with Crippen LogP contribution in [-0.2, 0) is 6.54 Å². The first-order valence-corrected chi connectivity index (χ1v) is 8.05. The van der Waals surface area contributed by atoms with Crippen LogP contribution in [0, 0.1) is 5.41 Å². The number of rotatable bonds is 3. The maximum Gasteiger partial charge on any atom is 0.264 e. The van der Waals surface area contributed by atoms with Crippen molar-refractivity contribution in [2.75, 3.05) is 5.75 Å². The van der Waals surface area contributed by atoms with Gasteiger partial charge in [0.05, 0.1) is 4.47 Å². The molecule has 0 saturated heterocycles. The summed E-state index contributed by atoms with van der Waals surface area (Å²) in [5, 5.41) is 0. The van der Waals surface area contributed by atoms with E-state index in [1.54, 1.807) is 6.07 Å². The van der Waals surface area contributed by atoms with Gasteiger partial charge in [0.15, 0.2) is 0 Å². The third kappa shape index (κ3) is 3.21. The molecule has 1 fully saturated rings. The molecular weight excluding hydrogens is 310 g/mol. The van der Waals surface area contributed by atoms with E-state index < -0.39 is 0 Å². The molecule has 100 valence electrons. The molecule has 1 aliphatic rings. The van der Waals surface area contributed by atoms with Gasteiger partial charge in [-0.05, 0) is 52.1 Å². The van der Waals surface area contributed by atoms with Gasteiger partial charge in [-0.3, -0.25) is 4.79 Å². The molecule has 0 radical (unpaired) electrons. The first-order chi connectivity index (χ1) is 8.67. The molecule has 0 aliphatic heterocycles. The van der Waals surface area contributed by atoms with Crippen molar-refractivity contribution in [2.45, 2.75) is 45.1 Å². The second-order valence-electron chi connectivity index (χ2n) is 5.36. The molecule has 0 N–H and O–H groups in total. The zero-order chi connectivity index (χ0) is 13.0. The summed E-state index contributed by atoms with van der Waals surface area (Å²) in [6.07, 6.45) is 9.45. The maximum atomic E-state index is 12.1. The molecule has 0 bridgehead atoms. The standard InChI is InChI=1S/C14H20BrNOS/c15-12-6-5-9-16(13(12)17)10-14(11-18)7-3-1-2-4-8-14/h5-6,9,18H,1-4,7-8,10-11H2. The lowest BCUT2D eigenvalue weighted by Gasteiger charge is -2.31. The Morgan fingerprint density at radius 2 is 1.94 bits per heavy atom. The Balaban J connectivity index is 2.23. The fourth-order valence-electron chi connectivity index (χ4n) is 2.84. The Hall–Kier alpha value is -0.220. The summed E-state index contributed by atoms with van der Waals surface area (Å²) in [5.74, 6) is 0.867. The fourth-order valence-corrected chi connectivity index (χ4v) is 3.63. The molecule has 4 heteroatoms. The van der Waals surface area contributed by atoms with Crippen LogP contribution >= 0.6 is 28.6 Å². The van der Waals surface area contributed by atoms with Crippen molar-refractivity contribution in [3.05, 3.63) is 33.2 Å². The van der Waals surface area contributed by atoms with Crippen LogP contribution in [-0.4, -0.2) is 10.3 Å². The molecule has 2 nitrogen and oxygen atoms in total. The van der Waals surface area contributed by atoms with Crippen LogP contribution in [0.4, 0.5) is 0 Å². The molecule has 0 atom stereocenters. The smallest absolute Gasteiger partial charge is 0.264 e. The molecular formula is C14H20BrNOS. The lowest BCUT2D eigenvalue weighted by Crippen LogP contribution is -2.33. The van der Waals surface area contributed by atoms with Gasteiger partial charge in [0.2, 0.25) is 0 Å². The lowest BCUT2D eigenvalue weighted by atomic mass is 9.82. The Morgan fingerprint density at radius 3 is 2.56 bits per heavy atom. The number of nitrogens with zero attached hydrogens (tertiary/aromatic N) is 1. The van der Waals surface area contributed by atoms with Crippen LogP contribution in [0.1, 0.15) is 38.5 Å². The summed E-state index contributed by atoms with van der Waals surface area (Å²) < 4.78 is 2.49. The van der Waals surface area contributed by atoms with Gasteiger partial charge < -0.3 is 4.57 Å². The van der Waals surface area contributed by atoms with Crippen molar-refractivity contribution in [3.63, 3.8) is 0 Å². The third-order valence-electron chi connectivity index (χ3n) is 3.98. The van der Waals surface area contributed by atoms with Crippen LogP contribution in [0.25, 0.3) is 0 Å². The molecule has 0 spiro atoms. The first kappa shape index (κ1) is 14.2. The molecule has 0 amide bonds. The minimum atomic E-state index is 0.0721. The number of hydrogen-bond donors (Lipinski definition) is 1. The zero-order valence-electron chi connectivity index (χ0n) is 10.6. The molecule has 1 aromatic rings.